The number of nitrogens with zero attached hydrogens (tertiary/aromatic N) is 3. The third-order valence-electron chi connectivity index (χ3n) is 1.33. The van der Waals surface area contributed by atoms with Crippen molar-refractivity contribution in [2.75, 3.05) is 0 Å². The van der Waals surface area contributed by atoms with Crippen LogP contribution in [0.4, 0.5) is 0 Å². The van der Waals surface area contributed by atoms with Crippen LogP contribution < -0.4 is 0 Å². The molecule has 0 radical (unpaired) electrons. The topological polar surface area (TPSA) is 50.9 Å². The molecule has 0 saturated carbocycles. The highest BCUT2D eigenvalue weighted by Crippen LogP contribution is 2.15. The molecule has 4 nitrogen and oxygen atoms in total. The third kappa shape index (κ3) is 0.556. The molecule has 2 rings (SSSR count). The van der Waals surface area contributed by atoms with Gasteiger partial charge in [-0.2, -0.15) is 0 Å². The molecular formula is C6H5N3O. The summed E-state index contributed by atoms with van der Waals surface area (Å²) in [6, 6.07) is 3.60. The molecule has 50 valence electrons. The zero-order valence-electron chi connectivity index (χ0n) is 5.10. The molecule has 0 aromatic heterocycles. The third-order valence-corrected chi connectivity index (χ3v) is 1.33. The van der Waals surface area contributed by atoms with Gasteiger partial charge in [-0.15, -0.1) is 5.10 Å². The van der Waals surface area contributed by atoms with E-state index in [1.807, 2.05) is 6.07 Å². The zero-order valence-corrected chi connectivity index (χ0v) is 5.10. The number of fused-ring (bicyclic) bond motifs is 1. The van der Waals surface area contributed by atoms with Gasteiger partial charge in [-0.1, -0.05) is 4.85 Å². The summed E-state index contributed by atoms with van der Waals surface area (Å²) in [7, 11) is 0. The monoisotopic (exact) mass is 135 g/mol. The van der Waals surface area contributed by atoms with Crippen molar-refractivity contribution in [2.24, 2.45) is 0 Å². The fraction of sp³-hybridized carbons (Fsp3) is 0. The Kier molecular flexibility index (Phi) is 0.887. The minimum absolute atomic E-state index is 0.488. The number of hydrogen-bond acceptors (Lipinski definition) is 3. The predicted octanol–water partition coefficient (Wildman–Crippen LogP) is 0.620. The molecule has 0 unspecified atom stereocenters. The van der Waals surface area contributed by atoms with Crippen LogP contribution in [0, 0.1) is 0 Å². The molecule has 10 heavy (non-hydrogen) atoms. The van der Waals surface area contributed by atoms with E-state index in [0.29, 0.717) is 5.82 Å². The first-order chi connectivity index (χ1) is 4.88. The first kappa shape index (κ1) is 5.22. The summed E-state index contributed by atoms with van der Waals surface area (Å²) in [5.41, 5.74) is 0.887. The minimum Gasteiger partial charge on any atom is -0.410 e. The van der Waals surface area contributed by atoms with Crippen LogP contribution in [0.2, 0.25) is 0 Å². The highest BCUT2D eigenvalue weighted by molar-refractivity contribution is 5.55. The van der Waals surface area contributed by atoms with Gasteiger partial charge in [0, 0.05) is 11.8 Å². The molecule has 0 amide bonds. The Bertz CT molecular complexity index is 317. The Hall–Kier alpha value is -1.58. The van der Waals surface area contributed by atoms with E-state index in [4.69, 9.17) is 5.21 Å². The second kappa shape index (κ2) is 1.70. The molecule has 2 aliphatic rings. The molecule has 0 saturated heterocycles. The summed E-state index contributed by atoms with van der Waals surface area (Å²) in [6.45, 7) is 0. The number of aromatic nitrogens is 3. The summed E-state index contributed by atoms with van der Waals surface area (Å²) in [4.78, 5) is 4.63. The van der Waals surface area contributed by atoms with E-state index in [2.05, 4.69) is 10.1 Å². The van der Waals surface area contributed by atoms with Crippen LogP contribution in [0.15, 0.2) is 24.5 Å². The molecule has 2 heterocycles. The number of rotatable bonds is 0. The molecule has 0 atom stereocenters. The maximum absolute atomic E-state index is 9.00. The fourth-order valence-corrected chi connectivity index (χ4v) is 0.866. The normalized spacial score (nSPS) is 10.4. The molecule has 0 aromatic carbocycles. The Morgan fingerprint density at radius 3 is 2.90 bits per heavy atom. The Labute approximate surface area is 57.0 Å². The van der Waals surface area contributed by atoms with Crippen molar-refractivity contribution in [3.8, 4) is 11.4 Å². The predicted molar refractivity (Wildman–Crippen MR) is 33.8 cm³/mol. The van der Waals surface area contributed by atoms with E-state index >= 15 is 0 Å². The Morgan fingerprint density at radius 2 is 2.10 bits per heavy atom. The molecule has 0 spiro atoms. The molecule has 0 bridgehead atoms. The van der Waals surface area contributed by atoms with Crippen LogP contribution in [0.3, 0.4) is 0 Å². The van der Waals surface area contributed by atoms with Gasteiger partial charge < -0.3 is 5.21 Å². The van der Waals surface area contributed by atoms with E-state index in [9.17, 15) is 0 Å². The van der Waals surface area contributed by atoms with Crippen LogP contribution >= 0.6 is 0 Å². The molecule has 0 aromatic rings. The highest BCUT2D eigenvalue weighted by Gasteiger charge is 2.05. The van der Waals surface area contributed by atoms with Gasteiger partial charge in [0.25, 0.3) is 0 Å². The molecule has 2 aliphatic heterocycles. The zero-order chi connectivity index (χ0) is 6.97. The SMILES string of the molecule is On1nccc2ccnc1-2. The van der Waals surface area contributed by atoms with Gasteiger partial charge in [0.05, 0.1) is 6.20 Å². The largest absolute Gasteiger partial charge is 0.410 e. The Balaban J connectivity index is 2.80. The van der Waals surface area contributed by atoms with Crippen LogP contribution in [0.5, 0.6) is 0 Å². The second-order valence-electron chi connectivity index (χ2n) is 1.94. The minimum atomic E-state index is 0.488. The lowest BCUT2D eigenvalue weighted by atomic mass is 10.3. The van der Waals surface area contributed by atoms with Crippen LogP contribution in [0.1, 0.15) is 0 Å². The van der Waals surface area contributed by atoms with E-state index in [0.717, 1.165) is 10.4 Å². The lowest BCUT2D eigenvalue weighted by molar-refractivity contribution is 0.146. The van der Waals surface area contributed by atoms with Gasteiger partial charge in [0.1, 0.15) is 0 Å². The smallest absolute Gasteiger partial charge is 0.197 e. The average Bonchev–Trinajstić information content (AvgIpc) is 2.36. The van der Waals surface area contributed by atoms with E-state index < -0.39 is 0 Å². The summed E-state index contributed by atoms with van der Waals surface area (Å²) in [5.74, 6) is 0.488. The summed E-state index contributed by atoms with van der Waals surface area (Å²) in [6.07, 6.45) is 3.14. The van der Waals surface area contributed by atoms with Crippen molar-refractivity contribution in [1.82, 2.24) is 14.9 Å². The van der Waals surface area contributed by atoms with Crippen LogP contribution in [0.25, 0.3) is 11.4 Å². The van der Waals surface area contributed by atoms with Crippen molar-refractivity contribution in [1.29, 1.82) is 0 Å². The summed E-state index contributed by atoms with van der Waals surface area (Å²) < 4.78 is 0. The first-order valence-electron chi connectivity index (χ1n) is 2.86. The molecule has 0 fully saturated rings. The average molecular weight is 135 g/mol. The maximum Gasteiger partial charge on any atom is 0.197 e. The van der Waals surface area contributed by atoms with Crippen molar-refractivity contribution >= 4 is 0 Å². The molecule has 4 heteroatoms. The van der Waals surface area contributed by atoms with E-state index in [1.54, 1.807) is 12.3 Å². The fourth-order valence-electron chi connectivity index (χ4n) is 0.866. The maximum atomic E-state index is 9.00. The lowest BCUT2D eigenvalue weighted by Crippen LogP contribution is -2.01. The van der Waals surface area contributed by atoms with Crippen LogP contribution in [-0.2, 0) is 0 Å². The van der Waals surface area contributed by atoms with Crippen molar-refractivity contribution in [3.05, 3.63) is 24.5 Å². The van der Waals surface area contributed by atoms with Gasteiger partial charge in [-0.25, -0.2) is 4.98 Å². The summed E-state index contributed by atoms with van der Waals surface area (Å²) >= 11 is 0. The molecule has 0 aliphatic carbocycles. The first-order valence-corrected chi connectivity index (χ1v) is 2.86. The molecular weight excluding hydrogens is 130 g/mol. The van der Waals surface area contributed by atoms with Crippen molar-refractivity contribution in [3.63, 3.8) is 0 Å². The van der Waals surface area contributed by atoms with Gasteiger partial charge in [-0.05, 0) is 12.1 Å². The molecule has 1 N–H and O–H groups in total. The van der Waals surface area contributed by atoms with E-state index in [-0.39, 0.29) is 0 Å². The van der Waals surface area contributed by atoms with Crippen molar-refractivity contribution in [2.45, 2.75) is 0 Å². The van der Waals surface area contributed by atoms with Gasteiger partial charge in [-0.3, -0.25) is 0 Å². The van der Waals surface area contributed by atoms with Gasteiger partial charge in [0.15, 0.2) is 5.82 Å². The Morgan fingerprint density at radius 1 is 1.30 bits per heavy atom. The van der Waals surface area contributed by atoms with Gasteiger partial charge >= 0.3 is 0 Å². The quantitative estimate of drug-likeness (QED) is 0.539. The highest BCUT2D eigenvalue weighted by atomic mass is 16.5. The van der Waals surface area contributed by atoms with E-state index in [1.165, 1.54) is 6.20 Å². The standard InChI is InChI=1S/C6H5N3O/c10-9-6-5(1-3-7-6)2-4-8-9/h1-4,10H. The van der Waals surface area contributed by atoms with Gasteiger partial charge in [0.2, 0.25) is 0 Å². The summed E-state index contributed by atoms with van der Waals surface area (Å²) in [5, 5.41) is 12.6. The lowest BCUT2D eigenvalue weighted by Gasteiger charge is -1.98. The van der Waals surface area contributed by atoms with Crippen molar-refractivity contribution < 1.29 is 5.21 Å². The van der Waals surface area contributed by atoms with Crippen LogP contribution in [-0.4, -0.2) is 20.1 Å². The second-order valence-corrected chi connectivity index (χ2v) is 1.94. The number of hydrogen-bond donors (Lipinski definition) is 1.